The van der Waals surface area contributed by atoms with Crippen molar-refractivity contribution in [2.75, 3.05) is 0 Å². The summed E-state index contributed by atoms with van der Waals surface area (Å²) in [5, 5.41) is 17.4. The lowest BCUT2D eigenvalue weighted by atomic mass is 10.2. The highest BCUT2D eigenvalue weighted by Gasteiger charge is 2.15. The highest BCUT2D eigenvalue weighted by molar-refractivity contribution is 9.10. The van der Waals surface area contributed by atoms with E-state index in [1.165, 1.54) is 12.1 Å². The zero-order chi connectivity index (χ0) is 16.2. The molecule has 0 aliphatic rings. The van der Waals surface area contributed by atoms with Crippen LogP contribution in [0.25, 0.3) is 11.5 Å². The molecule has 0 unspecified atom stereocenters. The molecule has 3 aromatic rings. The van der Waals surface area contributed by atoms with Gasteiger partial charge in [0.2, 0.25) is 5.89 Å². The number of phenolic OH excluding ortho intramolecular Hbond substituents is 1. The number of carbonyl (C=O) groups excluding carboxylic acids is 1. The number of rotatable bonds is 4. The zero-order valence-corrected chi connectivity index (χ0v) is 13.4. The molecule has 6 nitrogen and oxygen atoms in total. The first kappa shape index (κ1) is 15.2. The second-order valence-corrected chi connectivity index (χ2v) is 5.52. The number of aromatic hydroxyl groups is 1. The van der Waals surface area contributed by atoms with Gasteiger partial charge in [0.25, 0.3) is 5.89 Å². The van der Waals surface area contributed by atoms with Gasteiger partial charge in [-0.15, -0.1) is 10.2 Å². The van der Waals surface area contributed by atoms with Crippen molar-refractivity contribution in [2.45, 2.75) is 6.61 Å². The molecule has 0 aliphatic carbocycles. The van der Waals surface area contributed by atoms with E-state index in [4.69, 9.17) is 9.15 Å². The summed E-state index contributed by atoms with van der Waals surface area (Å²) in [5.74, 6) is -0.314. The summed E-state index contributed by atoms with van der Waals surface area (Å²) < 4.78 is 11.2. The van der Waals surface area contributed by atoms with Crippen LogP contribution in [0, 0.1) is 0 Å². The Morgan fingerprint density at radius 2 is 1.96 bits per heavy atom. The smallest absolute Gasteiger partial charge is 0.342 e. The van der Waals surface area contributed by atoms with Crippen molar-refractivity contribution in [2.24, 2.45) is 0 Å². The molecule has 3 rings (SSSR count). The van der Waals surface area contributed by atoms with E-state index < -0.39 is 5.97 Å². The van der Waals surface area contributed by atoms with Gasteiger partial charge in [0.1, 0.15) is 11.3 Å². The fourth-order valence-corrected chi connectivity index (χ4v) is 2.25. The van der Waals surface area contributed by atoms with Crippen molar-refractivity contribution in [1.82, 2.24) is 10.2 Å². The van der Waals surface area contributed by atoms with Gasteiger partial charge in [-0.1, -0.05) is 34.1 Å². The Kier molecular flexibility index (Phi) is 4.38. The van der Waals surface area contributed by atoms with E-state index in [1.54, 1.807) is 6.07 Å². The van der Waals surface area contributed by atoms with Crippen molar-refractivity contribution < 1.29 is 19.1 Å². The minimum Gasteiger partial charge on any atom is -0.507 e. The molecule has 23 heavy (non-hydrogen) atoms. The topological polar surface area (TPSA) is 85.5 Å². The third kappa shape index (κ3) is 3.57. The van der Waals surface area contributed by atoms with Crippen molar-refractivity contribution >= 4 is 21.9 Å². The number of esters is 1. The number of aromatic nitrogens is 2. The fourth-order valence-electron chi connectivity index (χ4n) is 1.89. The maximum Gasteiger partial charge on any atom is 0.342 e. The average Bonchev–Trinajstić information content (AvgIpc) is 3.05. The molecule has 0 spiro atoms. The summed E-state index contributed by atoms with van der Waals surface area (Å²) in [7, 11) is 0. The Hall–Kier alpha value is -2.67. The number of hydrogen-bond acceptors (Lipinski definition) is 6. The third-order valence-corrected chi connectivity index (χ3v) is 3.49. The van der Waals surface area contributed by atoms with E-state index in [0.717, 1.165) is 5.56 Å². The van der Waals surface area contributed by atoms with Crippen molar-refractivity contribution in [1.29, 1.82) is 0 Å². The van der Waals surface area contributed by atoms with E-state index in [-0.39, 0.29) is 23.8 Å². The molecule has 116 valence electrons. The van der Waals surface area contributed by atoms with Crippen molar-refractivity contribution in [3.8, 4) is 17.2 Å². The molecule has 1 aromatic heterocycles. The zero-order valence-electron chi connectivity index (χ0n) is 11.8. The van der Waals surface area contributed by atoms with Crippen LogP contribution in [0.15, 0.2) is 57.4 Å². The van der Waals surface area contributed by atoms with Gasteiger partial charge in [-0.25, -0.2) is 4.79 Å². The molecule has 0 amide bonds. The minimum absolute atomic E-state index is 0.0576. The predicted octanol–water partition coefficient (Wildman–Crippen LogP) is 3.56. The van der Waals surface area contributed by atoms with Crippen LogP contribution in [-0.4, -0.2) is 21.3 Å². The van der Waals surface area contributed by atoms with Crippen molar-refractivity contribution in [3.63, 3.8) is 0 Å². The SMILES string of the molecule is O=C(OCc1nnc(-c2ccccc2)o1)c1cc(Br)ccc1O. The molecule has 0 saturated heterocycles. The normalized spacial score (nSPS) is 10.5. The first-order valence-corrected chi connectivity index (χ1v) is 7.46. The Bertz CT molecular complexity index is 833. The Morgan fingerprint density at radius 1 is 1.17 bits per heavy atom. The molecule has 1 N–H and O–H groups in total. The Morgan fingerprint density at radius 3 is 2.74 bits per heavy atom. The van der Waals surface area contributed by atoms with E-state index in [9.17, 15) is 9.90 Å². The molecular weight excluding hydrogens is 364 g/mol. The number of benzene rings is 2. The number of phenols is 1. The summed E-state index contributed by atoms with van der Waals surface area (Å²) in [6, 6.07) is 13.8. The van der Waals surface area contributed by atoms with Crippen LogP contribution >= 0.6 is 15.9 Å². The first-order valence-electron chi connectivity index (χ1n) is 6.67. The van der Waals surface area contributed by atoms with Crippen LogP contribution in [-0.2, 0) is 11.3 Å². The number of carbonyl (C=O) groups is 1. The highest BCUT2D eigenvalue weighted by Crippen LogP contribution is 2.23. The van der Waals surface area contributed by atoms with Gasteiger partial charge in [-0.05, 0) is 30.3 Å². The summed E-state index contributed by atoms with van der Waals surface area (Å²) in [4.78, 5) is 12.0. The number of hydrogen-bond donors (Lipinski definition) is 1. The van der Waals surface area contributed by atoms with Crippen LogP contribution in [0.3, 0.4) is 0 Å². The van der Waals surface area contributed by atoms with E-state index >= 15 is 0 Å². The molecular formula is C16H11BrN2O4. The summed E-state index contributed by atoms with van der Waals surface area (Å²) in [5.41, 5.74) is 0.837. The molecule has 0 fully saturated rings. The maximum absolute atomic E-state index is 12.0. The van der Waals surface area contributed by atoms with Crippen LogP contribution in [0.4, 0.5) is 0 Å². The quantitative estimate of drug-likeness (QED) is 0.702. The standard InChI is InChI=1S/C16H11BrN2O4/c17-11-6-7-13(20)12(8-11)16(21)22-9-14-18-19-15(23-14)10-4-2-1-3-5-10/h1-8,20H,9H2. The predicted molar refractivity (Wildman–Crippen MR) is 84.7 cm³/mol. The lowest BCUT2D eigenvalue weighted by Crippen LogP contribution is -2.05. The molecule has 2 aromatic carbocycles. The molecule has 7 heteroatoms. The van der Waals surface area contributed by atoms with Crippen LogP contribution in [0.1, 0.15) is 16.2 Å². The van der Waals surface area contributed by atoms with Gasteiger partial charge in [0, 0.05) is 10.0 Å². The molecule has 0 bridgehead atoms. The monoisotopic (exact) mass is 374 g/mol. The fraction of sp³-hybridized carbons (Fsp3) is 0.0625. The van der Waals surface area contributed by atoms with Gasteiger partial charge in [0.05, 0.1) is 0 Å². The van der Waals surface area contributed by atoms with Crippen LogP contribution in [0.2, 0.25) is 0 Å². The van der Waals surface area contributed by atoms with E-state index in [1.807, 2.05) is 30.3 Å². The van der Waals surface area contributed by atoms with Gasteiger partial charge in [-0.2, -0.15) is 0 Å². The number of halogens is 1. The van der Waals surface area contributed by atoms with E-state index in [0.29, 0.717) is 10.4 Å². The third-order valence-electron chi connectivity index (χ3n) is 2.99. The summed E-state index contributed by atoms with van der Waals surface area (Å²) in [6.45, 7) is -0.176. The van der Waals surface area contributed by atoms with Gasteiger partial charge >= 0.3 is 5.97 Å². The summed E-state index contributed by atoms with van der Waals surface area (Å²) >= 11 is 3.23. The molecule has 0 radical (unpaired) electrons. The lowest BCUT2D eigenvalue weighted by molar-refractivity contribution is 0.0435. The molecule has 0 saturated carbocycles. The van der Waals surface area contributed by atoms with Gasteiger partial charge in [0.15, 0.2) is 6.61 Å². The van der Waals surface area contributed by atoms with Gasteiger partial charge < -0.3 is 14.3 Å². The first-order chi connectivity index (χ1) is 11.1. The highest BCUT2D eigenvalue weighted by atomic mass is 79.9. The van der Waals surface area contributed by atoms with Gasteiger partial charge in [-0.3, -0.25) is 0 Å². The molecule has 0 atom stereocenters. The second-order valence-electron chi connectivity index (χ2n) is 4.60. The molecule has 1 heterocycles. The summed E-state index contributed by atoms with van der Waals surface area (Å²) in [6.07, 6.45) is 0. The van der Waals surface area contributed by atoms with Crippen molar-refractivity contribution in [3.05, 3.63) is 64.5 Å². The Balaban J connectivity index is 1.68. The Labute approximate surface area is 139 Å². The van der Waals surface area contributed by atoms with Crippen LogP contribution < -0.4 is 0 Å². The number of ether oxygens (including phenoxy) is 1. The molecule has 0 aliphatic heterocycles. The number of nitrogens with zero attached hydrogens (tertiary/aromatic N) is 2. The lowest BCUT2D eigenvalue weighted by Gasteiger charge is -2.04. The maximum atomic E-state index is 12.0. The second kappa shape index (κ2) is 6.62. The van der Waals surface area contributed by atoms with Crippen LogP contribution in [0.5, 0.6) is 5.75 Å². The average molecular weight is 375 g/mol. The van der Waals surface area contributed by atoms with E-state index in [2.05, 4.69) is 26.1 Å². The minimum atomic E-state index is -0.678. The largest absolute Gasteiger partial charge is 0.507 e.